The number of amidine groups is 1. The third-order valence-corrected chi connectivity index (χ3v) is 7.96. The number of carbonyl (C=O) groups excluding carboxylic acids is 1. The summed E-state index contributed by atoms with van der Waals surface area (Å²) in [6, 6.07) is 27.7. The number of anilines is 2. The fourth-order valence-corrected chi connectivity index (χ4v) is 6.31. The third kappa shape index (κ3) is 3.41. The van der Waals surface area contributed by atoms with E-state index in [0.29, 0.717) is 10.1 Å². The molecule has 0 aliphatic carbocycles. The van der Waals surface area contributed by atoms with Crippen LogP contribution in [0.4, 0.5) is 17.1 Å². The number of hydrogen-bond donors (Lipinski definition) is 0. The molecule has 2 aliphatic rings. The zero-order chi connectivity index (χ0) is 22.4. The maximum absolute atomic E-state index is 13.8. The number of aliphatic imine (C=N–C) groups is 1. The first-order valence-corrected chi connectivity index (χ1v) is 12.1. The van der Waals surface area contributed by atoms with Gasteiger partial charge in [0.05, 0.1) is 27.6 Å². The van der Waals surface area contributed by atoms with Crippen molar-refractivity contribution in [2.45, 2.75) is 4.90 Å². The summed E-state index contributed by atoms with van der Waals surface area (Å²) in [7, 11) is 2.01. The number of nitrogens with zero attached hydrogens (tertiary/aromatic N) is 4. The molecule has 0 bridgehead atoms. The Balaban J connectivity index is 1.50. The van der Waals surface area contributed by atoms with E-state index < -0.39 is 0 Å². The number of amides is 1. The summed E-state index contributed by atoms with van der Waals surface area (Å²) < 4.78 is 0. The van der Waals surface area contributed by atoms with Crippen molar-refractivity contribution in [2.24, 2.45) is 4.99 Å². The molecule has 7 heteroatoms. The first-order chi connectivity index (χ1) is 16.2. The molecule has 0 N–H and O–H groups in total. The van der Waals surface area contributed by atoms with Crippen LogP contribution in [-0.4, -0.2) is 23.1 Å². The Morgan fingerprint density at radius 2 is 1.67 bits per heavy atom. The number of aromatic nitrogens is 1. The van der Waals surface area contributed by atoms with Gasteiger partial charge in [0.15, 0.2) is 5.17 Å². The van der Waals surface area contributed by atoms with Gasteiger partial charge in [-0.15, -0.1) is 0 Å². The van der Waals surface area contributed by atoms with E-state index in [1.165, 1.54) is 11.8 Å². The summed E-state index contributed by atoms with van der Waals surface area (Å²) in [5.74, 6) is -0.0644. The number of benzene rings is 3. The van der Waals surface area contributed by atoms with Gasteiger partial charge in [-0.25, -0.2) is 4.99 Å². The number of hydrogen-bond acceptors (Lipinski definition) is 6. The van der Waals surface area contributed by atoms with Crippen LogP contribution in [0.25, 0.3) is 10.9 Å². The molecule has 2 aliphatic heterocycles. The Bertz CT molecular complexity index is 1460. The second-order valence-electron chi connectivity index (χ2n) is 7.58. The highest BCUT2D eigenvalue weighted by Crippen LogP contribution is 2.50. The molecule has 3 aromatic carbocycles. The van der Waals surface area contributed by atoms with E-state index in [4.69, 9.17) is 4.99 Å². The number of pyridine rings is 1. The molecule has 160 valence electrons. The van der Waals surface area contributed by atoms with E-state index in [1.807, 2.05) is 79.8 Å². The third-order valence-electron chi connectivity index (χ3n) is 5.57. The number of fused-ring (bicyclic) bond motifs is 2. The van der Waals surface area contributed by atoms with Gasteiger partial charge in [0, 0.05) is 23.5 Å². The van der Waals surface area contributed by atoms with Gasteiger partial charge in [0.25, 0.3) is 5.91 Å². The van der Waals surface area contributed by atoms with Crippen LogP contribution in [-0.2, 0) is 4.79 Å². The first-order valence-electron chi connectivity index (χ1n) is 10.5. The van der Waals surface area contributed by atoms with E-state index in [1.54, 1.807) is 22.9 Å². The molecule has 33 heavy (non-hydrogen) atoms. The van der Waals surface area contributed by atoms with Crippen molar-refractivity contribution in [1.29, 1.82) is 0 Å². The standard InChI is InChI=1S/C26H18N4OS2/c1-29-21-14-5-6-15-22(21)32-25(29)23-24(31)30(17-9-3-2-4-10-17)26(33-23)28-20-13-7-12-19-18(20)11-8-16-27-19/h2-16H,1H3. The lowest BCUT2D eigenvalue weighted by Crippen LogP contribution is -2.29. The van der Waals surface area contributed by atoms with Crippen molar-refractivity contribution in [3.63, 3.8) is 0 Å². The summed E-state index contributed by atoms with van der Waals surface area (Å²) in [6.07, 6.45) is 1.77. The zero-order valence-electron chi connectivity index (χ0n) is 17.7. The Morgan fingerprint density at radius 3 is 2.52 bits per heavy atom. The van der Waals surface area contributed by atoms with Gasteiger partial charge in [0.2, 0.25) is 0 Å². The number of rotatable bonds is 2. The summed E-state index contributed by atoms with van der Waals surface area (Å²) in [5, 5.41) is 2.52. The molecule has 0 atom stereocenters. The quantitative estimate of drug-likeness (QED) is 0.319. The summed E-state index contributed by atoms with van der Waals surface area (Å²) >= 11 is 3.05. The van der Waals surface area contributed by atoms with Crippen molar-refractivity contribution in [2.75, 3.05) is 16.8 Å². The highest BCUT2D eigenvalue weighted by atomic mass is 32.2. The summed E-state index contributed by atoms with van der Waals surface area (Å²) in [5.41, 5.74) is 3.57. The first kappa shape index (κ1) is 20.1. The molecule has 3 heterocycles. The molecule has 0 spiro atoms. The molecule has 4 aromatic rings. The van der Waals surface area contributed by atoms with Crippen LogP contribution < -0.4 is 9.80 Å². The number of para-hydroxylation sites is 2. The van der Waals surface area contributed by atoms with Crippen LogP contribution in [0.5, 0.6) is 0 Å². The molecular formula is C26H18N4OS2. The molecule has 5 nitrogen and oxygen atoms in total. The lowest BCUT2D eigenvalue weighted by molar-refractivity contribution is -0.113. The SMILES string of the molecule is CN1C(=C2SC(=Nc3cccc4ncccc34)N(c3ccccc3)C2=O)Sc2ccccc21. The number of carbonyl (C=O) groups is 1. The largest absolute Gasteiger partial charge is 0.337 e. The predicted octanol–water partition coefficient (Wildman–Crippen LogP) is 6.41. The smallest absolute Gasteiger partial charge is 0.274 e. The van der Waals surface area contributed by atoms with E-state index in [9.17, 15) is 4.79 Å². The van der Waals surface area contributed by atoms with Crippen molar-refractivity contribution in [1.82, 2.24) is 4.98 Å². The fourth-order valence-electron chi connectivity index (χ4n) is 3.97. The summed E-state index contributed by atoms with van der Waals surface area (Å²) in [6.45, 7) is 0. The minimum Gasteiger partial charge on any atom is -0.337 e. The molecule has 1 fully saturated rings. The minimum atomic E-state index is -0.0644. The van der Waals surface area contributed by atoms with Gasteiger partial charge in [-0.3, -0.25) is 14.7 Å². The molecule has 1 aromatic heterocycles. The average molecular weight is 467 g/mol. The second-order valence-corrected chi connectivity index (χ2v) is 9.59. The Morgan fingerprint density at radius 1 is 0.848 bits per heavy atom. The number of thioether (sulfide) groups is 2. The van der Waals surface area contributed by atoms with Gasteiger partial charge in [-0.05, 0) is 60.3 Å². The highest BCUT2D eigenvalue weighted by molar-refractivity contribution is 8.20. The van der Waals surface area contributed by atoms with Crippen molar-refractivity contribution in [3.05, 3.63) is 101 Å². The zero-order valence-corrected chi connectivity index (χ0v) is 19.3. The Labute approximate surface area is 199 Å². The van der Waals surface area contributed by atoms with Crippen LogP contribution in [0.2, 0.25) is 0 Å². The lowest BCUT2D eigenvalue weighted by Gasteiger charge is -2.16. The maximum atomic E-state index is 13.8. The van der Waals surface area contributed by atoms with Gasteiger partial charge in [0.1, 0.15) is 4.91 Å². The van der Waals surface area contributed by atoms with E-state index in [-0.39, 0.29) is 5.91 Å². The maximum Gasteiger partial charge on any atom is 0.274 e. The van der Waals surface area contributed by atoms with E-state index >= 15 is 0 Å². The van der Waals surface area contributed by atoms with Crippen molar-refractivity contribution in [3.8, 4) is 0 Å². The molecule has 0 saturated carbocycles. The average Bonchev–Trinajstić information content (AvgIpc) is 3.36. The van der Waals surface area contributed by atoms with Crippen LogP contribution in [0.3, 0.4) is 0 Å². The van der Waals surface area contributed by atoms with Crippen LogP contribution >= 0.6 is 23.5 Å². The molecule has 0 radical (unpaired) electrons. The van der Waals surface area contributed by atoms with Crippen LogP contribution in [0, 0.1) is 0 Å². The monoisotopic (exact) mass is 466 g/mol. The van der Waals surface area contributed by atoms with Crippen molar-refractivity contribution < 1.29 is 4.79 Å². The molecule has 0 unspecified atom stereocenters. The molecular weight excluding hydrogens is 448 g/mol. The van der Waals surface area contributed by atoms with Crippen molar-refractivity contribution >= 4 is 62.6 Å². The van der Waals surface area contributed by atoms with E-state index in [2.05, 4.69) is 22.0 Å². The minimum absolute atomic E-state index is 0.0644. The topological polar surface area (TPSA) is 48.8 Å². The molecule has 6 rings (SSSR count). The second kappa shape index (κ2) is 8.10. The predicted molar refractivity (Wildman–Crippen MR) is 138 cm³/mol. The van der Waals surface area contributed by atoms with E-state index in [0.717, 1.165) is 37.9 Å². The molecule has 1 amide bonds. The van der Waals surface area contributed by atoms with Crippen LogP contribution in [0.15, 0.2) is 111 Å². The fraction of sp³-hybridized carbons (Fsp3) is 0.0385. The Kier molecular flexibility index (Phi) is 4.93. The van der Waals surface area contributed by atoms with Gasteiger partial charge in [-0.1, -0.05) is 48.2 Å². The highest BCUT2D eigenvalue weighted by Gasteiger charge is 2.40. The van der Waals surface area contributed by atoms with Gasteiger partial charge in [-0.2, -0.15) is 0 Å². The summed E-state index contributed by atoms with van der Waals surface area (Å²) in [4.78, 5) is 28.8. The Hall–Kier alpha value is -3.55. The van der Waals surface area contributed by atoms with Gasteiger partial charge < -0.3 is 4.90 Å². The lowest BCUT2D eigenvalue weighted by atomic mass is 10.2. The van der Waals surface area contributed by atoms with Gasteiger partial charge >= 0.3 is 0 Å². The molecule has 1 saturated heterocycles. The van der Waals surface area contributed by atoms with Crippen LogP contribution in [0.1, 0.15) is 0 Å². The normalized spacial score (nSPS) is 19.1.